The Kier molecular flexibility index (Phi) is 4.62. The molecule has 0 amide bonds. The molecule has 0 saturated carbocycles. The molecular weight excluding hydrogens is 208 g/mol. The van der Waals surface area contributed by atoms with Gasteiger partial charge in [-0.25, -0.2) is 0 Å². The molecule has 6 heteroatoms. The van der Waals surface area contributed by atoms with Crippen LogP contribution in [-0.4, -0.2) is 62.6 Å². The zero-order valence-electron chi connectivity index (χ0n) is 7.91. The molecule has 1 saturated heterocycles. The van der Waals surface area contributed by atoms with Gasteiger partial charge in [-0.2, -0.15) is 0 Å². The van der Waals surface area contributed by atoms with E-state index in [0.29, 0.717) is 0 Å². The fourth-order valence-electron chi connectivity index (χ4n) is 1.37. The van der Waals surface area contributed by atoms with Crippen LogP contribution in [0, 0.1) is 0 Å². The van der Waals surface area contributed by atoms with E-state index in [0.717, 1.165) is 5.75 Å². The van der Waals surface area contributed by atoms with Gasteiger partial charge in [0.25, 0.3) is 0 Å². The minimum atomic E-state index is -1.26. The molecule has 1 fully saturated rings. The molecule has 0 aromatic heterocycles. The van der Waals surface area contributed by atoms with Gasteiger partial charge in [0.2, 0.25) is 0 Å². The molecule has 5 nitrogen and oxygen atoms in total. The Balaban J connectivity index is 2.63. The average Bonchev–Trinajstić information content (AvgIpc) is 2.19. The standard InChI is InChI=1S/C8H16O5S/c1-2-14-8-7(12)6(11)5(10)4(3-9)13-8/h4-12H,2-3H2,1H3/t4-,5-,6+,7+,8+/m1/s1. The third-order valence-corrected chi connectivity index (χ3v) is 3.23. The molecule has 1 rings (SSSR count). The van der Waals surface area contributed by atoms with Gasteiger partial charge in [-0.1, -0.05) is 6.92 Å². The summed E-state index contributed by atoms with van der Waals surface area (Å²) in [4.78, 5) is 0. The highest BCUT2D eigenvalue weighted by Gasteiger charge is 2.43. The van der Waals surface area contributed by atoms with Crippen LogP contribution in [0.4, 0.5) is 0 Å². The quantitative estimate of drug-likeness (QED) is 0.468. The summed E-state index contributed by atoms with van der Waals surface area (Å²) in [5.74, 6) is 0.725. The Hall–Kier alpha value is 0.150. The van der Waals surface area contributed by atoms with Crippen molar-refractivity contribution in [1.82, 2.24) is 0 Å². The predicted molar refractivity (Wildman–Crippen MR) is 51.9 cm³/mol. The minimum absolute atomic E-state index is 0.369. The Bertz CT molecular complexity index is 175. The molecule has 0 spiro atoms. The molecule has 0 unspecified atom stereocenters. The molecule has 0 bridgehead atoms. The van der Waals surface area contributed by atoms with Crippen LogP contribution >= 0.6 is 11.8 Å². The minimum Gasteiger partial charge on any atom is -0.394 e. The van der Waals surface area contributed by atoms with Crippen molar-refractivity contribution >= 4 is 11.8 Å². The summed E-state index contributed by atoms with van der Waals surface area (Å²) < 4.78 is 5.22. The van der Waals surface area contributed by atoms with E-state index in [9.17, 15) is 15.3 Å². The van der Waals surface area contributed by atoms with Gasteiger partial charge < -0.3 is 25.2 Å². The van der Waals surface area contributed by atoms with Crippen molar-refractivity contribution < 1.29 is 25.2 Å². The molecule has 14 heavy (non-hydrogen) atoms. The normalized spacial score (nSPS) is 43.9. The number of aliphatic hydroxyl groups excluding tert-OH is 4. The van der Waals surface area contributed by atoms with Crippen LogP contribution in [-0.2, 0) is 4.74 Å². The van der Waals surface area contributed by atoms with Gasteiger partial charge in [-0.15, -0.1) is 11.8 Å². The highest BCUT2D eigenvalue weighted by Crippen LogP contribution is 2.27. The van der Waals surface area contributed by atoms with Gasteiger partial charge in [0.05, 0.1) is 6.61 Å². The number of ether oxygens (including phenoxy) is 1. The molecule has 5 atom stereocenters. The maximum absolute atomic E-state index is 9.51. The van der Waals surface area contributed by atoms with E-state index < -0.39 is 29.9 Å². The lowest BCUT2D eigenvalue weighted by atomic mass is 10.0. The summed E-state index contributed by atoms with van der Waals surface area (Å²) in [5, 5.41) is 37.2. The SMILES string of the molecule is CCS[C@@H]1O[C@H](CO)[C@@H](O)[C@H](O)[C@@H]1O. The first kappa shape index (κ1) is 12.2. The smallest absolute Gasteiger partial charge is 0.132 e. The maximum atomic E-state index is 9.51. The summed E-state index contributed by atoms with van der Waals surface area (Å²) in [6.45, 7) is 1.53. The van der Waals surface area contributed by atoms with Gasteiger partial charge in [-0.05, 0) is 5.75 Å². The lowest BCUT2D eigenvalue weighted by Crippen LogP contribution is -2.57. The van der Waals surface area contributed by atoms with E-state index >= 15 is 0 Å². The molecule has 0 aromatic rings. The van der Waals surface area contributed by atoms with E-state index in [4.69, 9.17) is 9.84 Å². The van der Waals surface area contributed by atoms with Crippen LogP contribution in [0.3, 0.4) is 0 Å². The Morgan fingerprint density at radius 1 is 1.14 bits per heavy atom. The first-order chi connectivity index (χ1) is 6.61. The number of aliphatic hydroxyl groups is 4. The highest BCUT2D eigenvalue weighted by atomic mass is 32.2. The second-order valence-corrected chi connectivity index (χ2v) is 4.53. The van der Waals surface area contributed by atoms with Crippen LogP contribution in [0.15, 0.2) is 0 Å². The van der Waals surface area contributed by atoms with Gasteiger partial charge in [0.15, 0.2) is 0 Å². The molecule has 1 heterocycles. The lowest BCUT2D eigenvalue weighted by molar-refractivity contribution is -0.205. The number of hydrogen-bond donors (Lipinski definition) is 4. The van der Waals surface area contributed by atoms with Crippen LogP contribution in [0.25, 0.3) is 0 Å². The van der Waals surface area contributed by atoms with Crippen LogP contribution < -0.4 is 0 Å². The van der Waals surface area contributed by atoms with Crippen molar-refractivity contribution in [3.05, 3.63) is 0 Å². The lowest BCUT2D eigenvalue weighted by Gasteiger charge is -2.39. The molecule has 1 aliphatic rings. The van der Waals surface area contributed by atoms with E-state index in [1.807, 2.05) is 6.92 Å². The molecule has 1 aliphatic heterocycles. The van der Waals surface area contributed by atoms with E-state index in [-0.39, 0.29) is 6.61 Å². The molecule has 0 radical (unpaired) electrons. The molecule has 84 valence electrons. The number of rotatable bonds is 3. The van der Waals surface area contributed by atoms with Gasteiger partial charge >= 0.3 is 0 Å². The van der Waals surface area contributed by atoms with Gasteiger partial charge in [0, 0.05) is 0 Å². The van der Waals surface area contributed by atoms with Crippen molar-refractivity contribution in [3.63, 3.8) is 0 Å². The fraction of sp³-hybridized carbons (Fsp3) is 1.00. The Morgan fingerprint density at radius 2 is 1.79 bits per heavy atom. The van der Waals surface area contributed by atoms with E-state index in [1.54, 1.807) is 0 Å². The monoisotopic (exact) mass is 224 g/mol. The molecular formula is C8H16O5S. The summed E-state index contributed by atoms with van der Waals surface area (Å²) in [7, 11) is 0. The number of hydrogen-bond acceptors (Lipinski definition) is 6. The van der Waals surface area contributed by atoms with E-state index in [1.165, 1.54) is 11.8 Å². The first-order valence-corrected chi connectivity index (χ1v) is 5.58. The van der Waals surface area contributed by atoms with Crippen molar-refractivity contribution in [2.45, 2.75) is 36.8 Å². The summed E-state index contributed by atoms with van der Waals surface area (Å²) in [6, 6.07) is 0. The van der Waals surface area contributed by atoms with Crippen LogP contribution in [0.2, 0.25) is 0 Å². The largest absolute Gasteiger partial charge is 0.394 e. The second kappa shape index (κ2) is 5.29. The first-order valence-electron chi connectivity index (χ1n) is 4.54. The number of thioether (sulfide) groups is 1. The zero-order chi connectivity index (χ0) is 10.7. The second-order valence-electron chi connectivity index (χ2n) is 3.15. The highest BCUT2D eigenvalue weighted by molar-refractivity contribution is 7.99. The maximum Gasteiger partial charge on any atom is 0.132 e. The zero-order valence-corrected chi connectivity index (χ0v) is 8.72. The third-order valence-electron chi connectivity index (χ3n) is 2.18. The Labute approximate surface area is 86.7 Å². The van der Waals surface area contributed by atoms with Crippen LogP contribution in [0.1, 0.15) is 6.92 Å². The topological polar surface area (TPSA) is 90.2 Å². The average molecular weight is 224 g/mol. The van der Waals surface area contributed by atoms with Crippen molar-refractivity contribution in [2.24, 2.45) is 0 Å². The third kappa shape index (κ3) is 2.39. The predicted octanol–water partition coefficient (Wildman–Crippen LogP) is -1.46. The van der Waals surface area contributed by atoms with Crippen LogP contribution in [0.5, 0.6) is 0 Å². The Morgan fingerprint density at radius 3 is 2.29 bits per heavy atom. The van der Waals surface area contributed by atoms with Crippen molar-refractivity contribution in [2.75, 3.05) is 12.4 Å². The van der Waals surface area contributed by atoms with Gasteiger partial charge in [-0.3, -0.25) is 0 Å². The molecule has 0 aromatic carbocycles. The van der Waals surface area contributed by atoms with E-state index in [2.05, 4.69) is 0 Å². The molecule has 4 N–H and O–H groups in total. The van der Waals surface area contributed by atoms with Crippen molar-refractivity contribution in [1.29, 1.82) is 0 Å². The molecule has 0 aliphatic carbocycles. The summed E-state index contributed by atoms with van der Waals surface area (Å²) in [5.41, 5.74) is -0.587. The van der Waals surface area contributed by atoms with Gasteiger partial charge in [0.1, 0.15) is 29.9 Å². The summed E-state index contributed by atoms with van der Waals surface area (Å²) in [6.07, 6.45) is -4.43. The fourth-order valence-corrected chi connectivity index (χ4v) is 2.28. The van der Waals surface area contributed by atoms with Crippen molar-refractivity contribution in [3.8, 4) is 0 Å². The summed E-state index contributed by atoms with van der Waals surface area (Å²) >= 11 is 1.33.